The maximum Gasteiger partial charge on any atom is 0.0519 e. The van der Waals surface area contributed by atoms with Gasteiger partial charge in [-0.15, -0.1) is 77.7 Å². The smallest absolute Gasteiger partial charge is 0.0519 e. The predicted molar refractivity (Wildman–Crippen MR) is 184 cm³/mol. The van der Waals surface area contributed by atoms with Crippen molar-refractivity contribution < 1.29 is 29.0 Å². The molecular weight excluding hydrogens is 602 g/mol. The Labute approximate surface area is 275 Å². The molecule has 2 nitrogen and oxygen atoms in total. The van der Waals surface area contributed by atoms with Crippen molar-refractivity contribution in [2.75, 3.05) is 0 Å². The molecule has 226 valence electrons. The Morgan fingerprint density at radius 2 is 1.28 bits per heavy atom. The van der Waals surface area contributed by atoms with Crippen LogP contribution in [0, 0.1) is 12.0 Å². The van der Waals surface area contributed by atoms with E-state index in [2.05, 4.69) is 70.5 Å². The summed E-state index contributed by atoms with van der Waals surface area (Å²) in [6.45, 7) is 2.04. The van der Waals surface area contributed by atoms with Crippen molar-refractivity contribution in [3.05, 3.63) is 138 Å². The minimum Gasteiger partial charge on any atom is -0.668 e. The molecule has 0 spiro atoms. The Balaban J connectivity index is 0.000000221. The van der Waals surface area contributed by atoms with Crippen LogP contribution in [0.4, 0.5) is 0 Å². The van der Waals surface area contributed by atoms with Gasteiger partial charge in [-0.25, -0.2) is 0 Å². The number of rotatable bonds is 4. The van der Waals surface area contributed by atoms with Gasteiger partial charge in [0.05, 0.1) is 5.91 Å². The summed E-state index contributed by atoms with van der Waals surface area (Å²) in [5.41, 5.74) is 9.53. The average molecular weight is 650 g/mol. The standard InChI is InChI=1S/C16H13.C13H25NO.C9H7.C2H4.Zr/c1-3-9-15(10-4-1)13-7-8-14-16-11-5-2-6-12-16;14-13(15)12-10-8-6-4-2-1-3-5-7-9-11-12;1-2-5-9-7-3-6-8(9)4-1;1-2;/h1-13H;12H,1-11H2,(H2,14,15);1-7H;1H,2H3;/q-1;;-1;;/p-1. The van der Waals surface area contributed by atoms with E-state index in [0.717, 1.165) is 31.2 Å². The molecule has 1 amide bonds. The summed E-state index contributed by atoms with van der Waals surface area (Å²) >= 11 is 1.51. The van der Waals surface area contributed by atoms with Crippen LogP contribution >= 0.6 is 0 Å². The number of carbonyl (C=O) groups is 1. The van der Waals surface area contributed by atoms with E-state index in [1.807, 2.05) is 67.6 Å². The van der Waals surface area contributed by atoms with E-state index in [0.29, 0.717) is 0 Å². The molecule has 1 aliphatic carbocycles. The maximum absolute atomic E-state index is 11.1. The predicted octanol–water partition coefficient (Wildman–Crippen LogP) is 11.5. The van der Waals surface area contributed by atoms with Gasteiger partial charge < -0.3 is 10.5 Å². The fourth-order valence-electron chi connectivity index (χ4n) is 4.90. The van der Waals surface area contributed by atoms with Gasteiger partial charge in [-0.05, 0) is 18.4 Å². The Morgan fingerprint density at radius 1 is 0.767 bits per heavy atom. The molecule has 5 rings (SSSR count). The van der Waals surface area contributed by atoms with Crippen LogP contribution < -0.4 is 0 Å². The number of hydrogen-bond acceptors (Lipinski definition) is 1. The number of amides is 1. The molecule has 0 saturated heterocycles. The van der Waals surface area contributed by atoms with Crippen molar-refractivity contribution in [3.8, 4) is 0 Å². The van der Waals surface area contributed by atoms with Crippen molar-refractivity contribution in [2.24, 2.45) is 5.92 Å². The van der Waals surface area contributed by atoms with Crippen LogP contribution in [0.5, 0.6) is 0 Å². The van der Waals surface area contributed by atoms with E-state index < -0.39 is 0 Å². The molecule has 0 bridgehead atoms. The van der Waals surface area contributed by atoms with Gasteiger partial charge >= 0.3 is 34.9 Å². The Hall–Kier alpha value is -3.03. The number of nitrogens with one attached hydrogen (secondary N) is 1. The second-order valence-corrected chi connectivity index (χ2v) is 12.1. The summed E-state index contributed by atoms with van der Waals surface area (Å²) in [7, 11) is 0. The van der Waals surface area contributed by atoms with Gasteiger partial charge in [0.2, 0.25) is 0 Å². The normalized spacial score (nSPS) is 14.5. The van der Waals surface area contributed by atoms with E-state index in [1.165, 1.54) is 85.5 Å². The quantitative estimate of drug-likeness (QED) is 0.160. The summed E-state index contributed by atoms with van der Waals surface area (Å²) in [6.07, 6.45) is 22.7. The Kier molecular flexibility index (Phi) is 20.5. The monoisotopic (exact) mass is 648 g/mol. The van der Waals surface area contributed by atoms with E-state index in [9.17, 15) is 4.79 Å². The number of benzene rings is 3. The molecule has 0 atom stereocenters. The van der Waals surface area contributed by atoms with E-state index in [1.54, 1.807) is 0 Å². The summed E-state index contributed by atoms with van der Waals surface area (Å²) in [6, 6.07) is 35.0. The maximum atomic E-state index is 11.1. The summed E-state index contributed by atoms with van der Waals surface area (Å²) < 4.78 is 2.09. The van der Waals surface area contributed by atoms with E-state index in [-0.39, 0.29) is 11.8 Å². The van der Waals surface area contributed by atoms with Gasteiger partial charge in [-0.3, -0.25) is 0 Å². The van der Waals surface area contributed by atoms with Crippen LogP contribution in [0.1, 0.15) is 88.7 Å². The van der Waals surface area contributed by atoms with Crippen LogP contribution in [0.3, 0.4) is 0 Å². The molecule has 1 fully saturated rings. The number of fused-ring (bicyclic) bond motifs is 1. The van der Waals surface area contributed by atoms with Crippen molar-refractivity contribution in [2.45, 2.75) is 77.6 Å². The zero-order valence-electron chi connectivity index (χ0n) is 25.9. The van der Waals surface area contributed by atoms with E-state index in [4.69, 9.17) is 5.73 Å². The number of allylic oxidation sites excluding steroid dienone is 2. The van der Waals surface area contributed by atoms with Crippen molar-refractivity contribution in [1.29, 1.82) is 0 Å². The molecule has 0 heterocycles. The third-order valence-electron chi connectivity index (χ3n) is 7.23. The van der Waals surface area contributed by atoms with Crippen molar-refractivity contribution >= 4 is 26.5 Å². The molecular formula is C40H48NOZr-3. The van der Waals surface area contributed by atoms with Crippen LogP contribution in [0.2, 0.25) is 0 Å². The fraction of sp³-hybridized carbons (Fsp3) is 0.325. The molecule has 0 radical (unpaired) electrons. The van der Waals surface area contributed by atoms with Gasteiger partial charge in [-0.1, -0.05) is 106 Å². The molecule has 4 aromatic carbocycles. The molecule has 0 unspecified atom stereocenters. The molecule has 3 heteroatoms. The van der Waals surface area contributed by atoms with Crippen LogP contribution in [0.25, 0.3) is 22.6 Å². The largest absolute Gasteiger partial charge is 0.668 e. The first kappa shape index (κ1) is 36.2. The second kappa shape index (κ2) is 24.4. The minimum atomic E-state index is -0.327. The number of hydrogen-bond donors (Lipinski definition) is 0. The molecule has 0 aromatic heterocycles. The first-order valence-corrected chi connectivity index (χ1v) is 17.2. The third kappa shape index (κ3) is 17.6. The van der Waals surface area contributed by atoms with Gasteiger partial charge in [-0.2, -0.15) is 17.5 Å². The van der Waals surface area contributed by atoms with E-state index >= 15 is 0 Å². The second-order valence-electron chi connectivity index (χ2n) is 10.7. The zero-order valence-corrected chi connectivity index (χ0v) is 28.3. The Morgan fingerprint density at radius 3 is 1.84 bits per heavy atom. The SMILES string of the molecule is C[CH]=[Zr].[C-](=CC=Cc1ccccc1)c1ccccc1.[NH-]C(=O)C1CCCCCCCCCCC1.c1ccc2[cH-]ccc2c1. The molecule has 43 heavy (non-hydrogen) atoms. The summed E-state index contributed by atoms with van der Waals surface area (Å²) in [5, 5.41) is 2.66. The number of carbonyl (C=O) groups excluding carboxylic acids is 1. The first-order chi connectivity index (χ1) is 21.1. The zero-order chi connectivity index (χ0) is 30.8. The van der Waals surface area contributed by atoms with Crippen LogP contribution in [0.15, 0.2) is 115 Å². The van der Waals surface area contributed by atoms with Gasteiger partial charge in [0.15, 0.2) is 0 Å². The Bertz CT molecular complexity index is 1220. The summed E-state index contributed by atoms with van der Waals surface area (Å²) in [5.74, 6) is -0.281. The minimum absolute atomic E-state index is 0.0458. The molecule has 4 aromatic rings. The molecule has 0 aliphatic heterocycles. The van der Waals surface area contributed by atoms with Crippen molar-refractivity contribution in [1.82, 2.24) is 0 Å². The fourth-order valence-corrected chi connectivity index (χ4v) is 4.90. The molecule has 1 aliphatic rings. The van der Waals surface area contributed by atoms with Crippen molar-refractivity contribution in [3.63, 3.8) is 0 Å². The van der Waals surface area contributed by atoms with Gasteiger partial charge in [0.1, 0.15) is 0 Å². The third-order valence-corrected chi connectivity index (χ3v) is 7.23. The molecule has 1 saturated carbocycles. The van der Waals surface area contributed by atoms with Gasteiger partial charge in [0, 0.05) is 5.92 Å². The van der Waals surface area contributed by atoms with Gasteiger partial charge in [0.25, 0.3) is 0 Å². The summed E-state index contributed by atoms with van der Waals surface area (Å²) in [4.78, 5) is 11.1. The average Bonchev–Trinajstić information content (AvgIpc) is 3.51. The molecule has 1 N–H and O–H groups in total. The van der Waals surface area contributed by atoms with Crippen LogP contribution in [-0.2, 0) is 29.0 Å². The van der Waals surface area contributed by atoms with Crippen LogP contribution in [-0.4, -0.2) is 9.62 Å². The topological polar surface area (TPSA) is 40.9 Å². The first-order valence-electron chi connectivity index (χ1n) is 15.8.